The summed E-state index contributed by atoms with van der Waals surface area (Å²) in [7, 11) is 1.59. The second-order valence-corrected chi connectivity index (χ2v) is 6.05. The van der Waals surface area contributed by atoms with Gasteiger partial charge in [-0.2, -0.15) is 5.26 Å². The summed E-state index contributed by atoms with van der Waals surface area (Å²) in [6.45, 7) is 0.771. The van der Waals surface area contributed by atoms with Crippen molar-refractivity contribution >= 4 is 34.8 Å². The highest BCUT2D eigenvalue weighted by Crippen LogP contribution is 2.25. The molecule has 8 heteroatoms. The maximum Gasteiger partial charge on any atom is 0.267 e. The van der Waals surface area contributed by atoms with Crippen LogP contribution in [0.4, 0.5) is 5.69 Å². The van der Waals surface area contributed by atoms with Crippen LogP contribution in [0.3, 0.4) is 0 Å². The van der Waals surface area contributed by atoms with Crippen LogP contribution in [0, 0.1) is 11.3 Å². The van der Waals surface area contributed by atoms with E-state index in [1.165, 1.54) is 12.3 Å². The molecule has 1 amide bonds. The Morgan fingerprint density at radius 2 is 1.85 bits per heavy atom. The second kappa shape index (κ2) is 10.3. The highest BCUT2D eigenvalue weighted by atomic mass is 35.5. The van der Waals surface area contributed by atoms with E-state index in [2.05, 4.69) is 10.6 Å². The number of amides is 1. The molecule has 0 aliphatic carbocycles. The van der Waals surface area contributed by atoms with Crippen LogP contribution in [0.2, 0.25) is 10.0 Å². The van der Waals surface area contributed by atoms with Crippen LogP contribution in [-0.4, -0.2) is 26.2 Å². The fraction of sp³-hybridized carbons (Fsp3) is 0.158. The van der Waals surface area contributed by atoms with Gasteiger partial charge in [-0.15, -0.1) is 0 Å². The third-order valence-corrected chi connectivity index (χ3v) is 4.10. The normalized spacial score (nSPS) is 10.7. The van der Waals surface area contributed by atoms with Crippen molar-refractivity contribution in [2.45, 2.75) is 0 Å². The van der Waals surface area contributed by atoms with Crippen LogP contribution in [0.5, 0.6) is 11.5 Å². The summed E-state index contributed by atoms with van der Waals surface area (Å²) in [5.74, 6) is 0.883. The molecule has 0 heterocycles. The van der Waals surface area contributed by atoms with E-state index in [0.29, 0.717) is 34.6 Å². The molecule has 6 nitrogen and oxygen atoms in total. The van der Waals surface area contributed by atoms with E-state index in [0.717, 1.165) is 5.75 Å². The van der Waals surface area contributed by atoms with E-state index in [1.54, 1.807) is 43.5 Å². The van der Waals surface area contributed by atoms with Gasteiger partial charge in [-0.1, -0.05) is 23.2 Å². The highest BCUT2D eigenvalue weighted by Gasteiger charge is 2.10. The van der Waals surface area contributed by atoms with Gasteiger partial charge in [0, 0.05) is 18.4 Å². The first-order chi connectivity index (χ1) is 13.0. The van der Waals surface area contributed by atoms with Crippen molar-refractivity contribution in [2.24, 2.45) is 0 Å². The van der Waals surface area contributed by atoms with E-state index in [4.69, 9.17) is 37.9 Å². The molecule has 2 N–H and O–H groups in total. The molecule has 0 unspecified atom stereocenters. The molecule has 0 atom stereocenters. The molecule has 0 radical (unpaired) electrons. The number of nitriles is 1. The fourth-order valence-corrected chi connectivity index (χ4v) is 2.29. The molecule has 0 bridgehead atoms. The molecule has 0 aliphatic rings. The molecular formula is C19H17Cl2N3O3. The summed E-state index contributed by atoms with van der Waals surface area (Å²) in [6, 6.07) is 13.7. The van der Waals surface area contributed by atoms with Gasteiger partial charge >= 0.3 is 0 Å². The van der Waals surface area contributed by atoms with Gasteiger partial charge in [0.05, 0.1) is 17.2 Å². The quantitative estimate of drug-likeness (QED) is 0.393. The number of carbonyl (C=O) groups excluding carboxylic acids is 1. The molecule has 140 valence electrons. The van der Waals surface area contributed by atoms with Crippen LogP contribution >= 0.6 is 23.2 Å². The van der Waals surface area contributed by atoms with Crippen LogP contribution in [0.15, 0.2) is 54.2 Å². The summed E-state index contributed by atoms with van der Waals surface area (Å²) in [4.78, 5) is 12.1. The van der Waals surface area contributed by atoms with E-state index >= 15 is 0 Å². The third-order valence-electron chi connectivity index (χ3n) is 3.36. The minimum absolute atomic E-state index is 0.0782. The van der Waals surface area contributed by atoms with Crippen LogP contribution < -0.4 is 20.1 Å². The Morgan fingerprint density at radius 3 is 2.48 bits per heavy atom. The van der Waals surface area contributed by atoms with E-state index in [1.807, 2.05) is 6.07 Å². The number of methoxy groups -OCH3 is 1. The lowest BCUT2D eigenvalue weighted by molar-refractivity contribution is -0.112. The highest BCUT2D eigenvalue weighted by molar-refractivity contribution is 6.42. The van der Waals surface area contributed by atoms with Gasteiger partial charge in [-0.25, -0.2) is 0 Å². The average molecular weight is 406 g/mol. The van der Waals surface area contributed by atoms with Crippen molar-refractivity contribution < 1.29 is 14.3 Å². The number of halogens is 2. The van der Waals surface area contributed by atoms with E-state index in [9.17, 15) is 4.79 Å². The number of rotatable bonds is 8. The number of ether oxygens (including phenoxy) is 2. The number of anilines is 1. The monoisotopic (exact) mass is 405 g/mol. The van der Waals surface area contributed by atoms with Crippen LogP contribution in [-0.2, 0) is 4.79 Å². The number of nitrogens with zero attached hydrogens (tertiary/aromatic N) is 1. The second-order valence-electron chi connectivity index (χ2n) is 5.23. The van der Waals surface area contributed by atoms with Crippen molar-refractivity contribution in [3.63, 3.8) is 0 Å². The SMILES string of the molecule is COc1ccc(OCCN/C=C(/C#N)C(=O)Nc2ccc(Cl)c(Cl)c2)cc1. The van der Waals surface area contributed by atoms with Gasteiger partial charge in [0.1, 0.15) is 29.7 Å². The minimum Gasteiger partial charge on any atom is -0.497 e. The Labute approximate surface area is 167 Å². The maximum absolute atomic E-state index is 12.1. The Morgan fingerprint density at radius 1 is 1.15 bits per heavy atom. The summed E-state index contributed by atoms with van der Waals surface area (Å²) >= 11 is 11.7. The average Bonchev–Trinajstić information content (AvgIpc) is 2.68. The molecule has 2 aromatic carbocycles. The Bertz CT molecular complexity index is 861. The van der Waals surface area contributed by atoms with Crippen molar-refractivity contribution in [3.05, 3.63) is 64.3 Å². The molecule has 0 fully saturated rings. The summed E-state index contributed by atoms with van der Waals surface area (Å²) < 4.78 is 10.6. The maximum atomic E-state index is 12.1. The third kappa shape index (κ3) is 6.41. The largest absolute Gasteiger partial charge is 0.497 e. The molecule has 0 aromatic heterocycles. The molecule has 2 aromatic rings. The summed E-state index contributed by atoms with van der Waals surface area (Å²) in [6.07, 6.45) is 1.34. The Kier molecular flexibility index (Phi) is 7.80. The Hall–Kier alpha value is -2.88. The van der Waals surface area contributed by atoms with Gasteiger partial charge in [0.25, 0.3) is 5.91 Å². The van der Waals surface area contributed by atoms with E-state index in [-0.39, 0.29) is 5.57 Å². The molecule has 2 rings (SSSR count). The van der Waals surface area contributed by atoms with Crippen LogP contribution in [0.1, 0.15) is 0 Å². The number of nitrogens with one attached hydrogen (secondary N) is 2. The Balaban J connectivity index is 1.81. The van der Waals surface area contributed by atoms with Gasteiger partial charge in [0.15, 0.2) is 0 Å². The molecule has 0 saturated heterocycles. The van der Waals surface area contributed by atoms with Crippen LogP contribution in [0.25, 0.3) is 0 Å². The minimum atomic E-state index is -0.556. The van der Waals surface area contributed by atoms with Crippen molar-refractivity contribution in [1.82, 2.24) is 5.32 Å². The standard InChI is InChI=1S/C19H17Cl2N3O3/c1-26-15-3-5-16(6-4-15)27-9-8-23-12-13(11-22)19(25)24-14-2-7-17(20)18(21)10-14/h2-7,10,12,23H,8-9H2,1H3,(H,24,25)/b13-12-. The molecular weight excluding hydrogens is 389 g/mol. The predicted molar refractivity (Wildman–Crippen MR) is 105 cm³/mol. The number of hydrogen-bond donors (Lipinski definition) is 2. The van der Waals surface area contributed by atoms with Crippen molar-refractivity contribution in [1.29, 1.82) is 5.26 Å². The first-order valence-electron chi connectivity index (χ1n) is 7.90. The summed E-state index contributed by atoms with van der Waals surface area (Å²) in [5, 5.41) is 15.3. The van der Waals surface area contributed by atoms with Gasteiger partial charge < -0.3 is 20.1 Å². The number of hydrogen-bond acceptors (Lipinski definition) is 5. The lowest BCUT2D eigenvalue weighted by atomic mass is 10.2. The van der Waals surface area contributed by atoms with Crippen molar-refractivity contribution in [3.8, 4) is 17.6 Å². The zero-order valence-corrected chi connectivity index (χ0v) is 16.0. The van der Waals surface area contributed by atoms with Gasteiger partial charge in [-0.3, -0.25) is 4.79 Å². The lowest BCUT2D eigenvalue weighted by Crippen LogP contribution is -2.20. The van der Waals surface area contributed by atoms with Gasteiger partial charge in [-0.05, 0) is 42.5 Å². The summed E-state index contributed by atoms with van der Waals surface area (Å²) in [5.41, 5.74) is 0.365. The lowest BCUT2D eigenvalue weighted by Gasteiger charge is -2.08. The first kappa shape index (κ1) is 20.4. The van der Waals surface area contributed by atoms with Gasteiger partial charge in [0.2, 0.25) is 0 Å². The zero-order chi connectivity index (χ0) is 19.6. The smallest absolute Gasteiger partial charge is 0.267 e. The number of carbonyl (C=O) groups is 1. The molecule has 0 aliphatic heterocycles. The van der Waals surface area contributed by atoms with E-state index < -0.39 is 5.91 Å². The topological polar surface area (TPSA) is 83.4 Å². The molecule has 0 spiro atoms. The fourth-order valence-electron chi connectivity index (χ4n) is 1.99. The molecule has 0 saturated carbocycles. The number of benzene rings is 2. The molecule has 27 heavy (non-hydrogen) atoms. The van der Waals surface area contributed by atoms with Crippen molar-refractivity contribution in [2.75, 3.05) is 25.6 Å². The zero-order valence-electron chi connectivity index (χ0n) is 14.5. The predicted octanol–water partition coefficient (Wildman–Crippen LogP) is 4.02. The first-order valence-corrected chi connectivity index (χ1v) is 8.66.